The summed E-state index contributed by atoms with van der Waals surface area (Å²) in [5, 5.41) is 3.57. The van der Waals surface area contributed by atoms with Gasteiger partial charge in [0, 0.05) is 22.0 Å². The molecule has 14 heavy (non-hydrogen) atoms. The minimum atomic E-state index is 0.656. The Labute approximate surface area is 97.8 Å². The highest BCUT2D eigenvalue weighted by Gasteiger charge is 2.12. The van der Waals surface area contributed by atoms with E-state index in [9.17, 15) is 0 Å². The Morgan fingerprint density at radius 2 is 2.36 bits per heavy atom. The summed E-state index contributed by atoms with van der Waals surface area (Å²) in [7, 11) is 0. The molecule has 2 rings (SSSR count). The molecule has 1 aliphatic heterocycles. The fraction of sp³-hybridized carbons (Fsp3) is 0.455. The van der Waals surface area contributed by atoms with Gasteiger partial charge in [-0.2, -0.15) is 11.8 Å². The molecule has 0 bridgehead atoms. The van der Waals surface area contributed by atoms with Crippen molar-refractivity contribution in [1.82, 2.24) is 0 Å². The van der Waals surface area contributed by atoms with Crippen LogP contribution >= 0.6 is 27.7 Å². The molecule has 1 aromatic rings. The number of hydrogen-bond donors (Lipinski definition) is 1. The summed E-state index contributed by atoms with van der Waals surface area (Å²) >= 11 is 5.53. The van der Waals surface area contributed by atoms with Gasteiger partial charge in [-0.1, -0.05) is 22.0 Å². The molecule has 0 amide bonds. The maximum atomic E-state index is 3.57. The predicted molar refractivity (Wildman–Crippen MR) is 68.1 cm³/mol. The molecule has 76 valence electrons. The van der Waals surface area contributed by atoms with Crippen molar-refractivity contribution in [1.29, 1.82) is 0 Å². The van der Waals surface area contributed by atoms with Crippen molar-refractivity contribution in [2.45, 2.75) is 18.9 Å². The summed E-state index contributed by atoms with van der Waals surface area (Å²) in [4.78, 5) is 0. The van der Waals surface area contributed by atoms with Crippen molar-refractivity contribution in [3.63, 3.8) is 0 Å². The first-order chi connectivity index (χ1) is 6.84. The first-order valence-corrected chi connectivity index (χ1v) is 6.89. The summed E-state index contributed by atoms with van der Waals surface area (Å²) in [5.41, 5.74) is 1.23. The fourth-order valence-electron chi connectivity index (χ4n) is 1.67. The second kappa shape index (κ2) is 5.08. The van der Waals surface area contributed by atoms with Gasteiger partial charge >= 0.3 is 0 Å². The maximum absolute atomic E-state index is 3.57. The Kier molecular flexibility index (Phi) is 3.76. The van der Waals surface area contributed by atoms with Crippen LogP contribution in [0.25, 0.3) is 0 Å². The average Bonchev–Trinajstić information content (AvgIpc) is 2.19. The lowest BCUT2D eigenvalue weighted by atomic mass is 10.2. The molecule has 0 aromatic heterocycles. The Hall–Kier alpha value is -0.150. The second-order valence-electron chi connectivity index (χ2n) is 3.57. The average molecular weight is 272 g/mol. The van der Waals surface area contributed by atoms with Gasteiger partial charge in [0.15, 0.2) is 0 Å². The Morgan fingerprint density at radius 1 is 1.43 bits per heavy atom. The van der Waals surface area contributed by atoms with Crippen LogP contribution in [0.4, 0.5) is 5.69 Å². The van der Waals surface area contributed by atoms with Gasteiger partial charge in [-0.05, 0) is 36.8 Å². The maximum Gasteiger partial charge on any atom is 0.0353 e. The zero-order valence-electron chi connectivity index (χ0n) is 8.00. The summed E-state index contributed by atoms with van der Waals surface area (Å²) in [5.74, 6) is 2.57. The van der Waals surface area contributed by atoms with Gasteiger partial charge in [0.25, 0.3) is 0 Å². The molecule has 0 saturated carbocycles. The van der Waals surface area contributed by atoms with Crippen LogP contribution in [0.2, 0.25) is 0 Å². The van der Waals surface area contributed by atoms with Gasteiger partial charge < -0.3 is 5.32 Å². The van der Waals surface area contributed by atoms with E-state index in [2.05, 4.69) is 57.3 Å². The molecule has 1 N–H and O–H groups in total. The fourth-order valence-corrected chi connectivity index (χ4v) is 3.14. The number of halogens is 1. The minimum absolute atomic E-state index is 0.656. The van der Waals surface area contributed by atoms with E-state index in [-0.39, 0.29) is 0 Å². The number of anilines is 1. The van der Waals surface area contributed by atoms with Gasteiger partial charge in [0.2, 0.25) is 0 Å². The lowest BCUT2D eigenvalue weighted by Crippen LogP contribution is -2.25. The van der Waals surface area contributed by atoms with Crippen molar-refractivity contribution < 1.29 is 0 Å². The Bertz CT molecular complexity index is 297. The molecular formula is C11H14BrNS. The van der Waals surface area contributed by atoms with E-state index in [0.717, 1.165) is 4.47 Å². The molecule has 3 heteroatoms. The molecule has 1 heterocycles. The summed E-state index contributed by atoms with van der Waals surface area (Å²) in [6.45, 7) is 0. The number of nitrogens with one attached hydrogen (secondary N) is 1. The normalized spacial score (nSPS) is 21.9. The van der Waals surface area contributed by atoms with E-state index in [1.54, 1.807) is 0 Å². The molecule has 1 saturated heterocycles. The number of hydrogen-bond acceptors (Lipinski definition) is 2. The third-order valence-corrected chi connectivity index (χ3v) is 4.06. The van der Waals surface area contributed by atoms with Crippen molar-refractivity contribution in [3.05, 3.63) is 28.7 Å². The van der Waals surface area contributed by atoms with Gasteiger partial charge in [0.05, 0.1) is 0 Å². The highest BCUT2D eigenvalue weighted by molar-refractivity contribution is 9.10. The quantitative estimate of drug-likeness (QED) is 0.879. The summed E-state index contributed by atoms with van der Waals surface area (Å²) in [6, 6.07) is 9.05. The SMILES string of the molecule is Brc1cccc(N[C@@H]2CCCSC2)c1. The van der Waals surface area contributed by atoms with Gasteiger partial charge in [-0.15, -0.1) is 0 Å². The molecule has 0 unspecified atom stereocenters. The van der Waals surface area contributed by atoms with Crippen LogP contribution < -0.4 is 5.32 Å². The van der Waals surface area contributed by atoms with Crippen molar-refractivity contribution in [2.75, 3.05) is 16.8 Å². The third-order valence-electron chi connectivity index (χ3n) is 2.36. The molecule has 1 aliphatic rings. The number of rotatable bonds is 2. The second-order valence-corrected chi connectivity index (χ2v) is 5.63. The molecular weight excluding hydrogens is 258 g/mol. The zero-order chi connectivity index (χ0) is 9.80. The van der Waals surface area contributed by atoms with E-state index in [0.29, 0.717) is 6.04 Å². The third kappa shape index (κ3) is 2.92. The van der Waals surface area contributed by atoms with E-state index in [1.165, 1.54) is 30.0 Å². The Morgan fingerprint density at radius 3 is 3.07 bits per heavy atom. The summed E-state index contributed by atoms with van der Waals surface area (Å²) in [6.07, 6.45) is 2.65. The minimum Gasteiger partial charge on any atom is -0.381 e. The van der Waals surface area contributed by atoms with E-state index in [1.807, 2.05) is 0 Å². The smallest absolute Gasteiger partial charge is 0.0353 e. The lowest BCUT2D eigenvalue weighted by Gasteiger charge is -2.23. The van der Waals surface area contributed by atoms with Crippen molar-refractivity contribution in [2.24, 2.45) is 0 Å². The van der Waals surface area contributed by atoms with E-state index >= 15 is 0 Å². The van der Waals surface area contributed by atoms with Crippen molar-refractivity contribution in [3.8, 4) is 0 Å². The van der Waals surface area contributed by atoms with Gasteiger partial charge in [-0.25, -0.2) is 0 Å². The van der Waals surface area contributed by atoms with Crippen LogP contribution in [0.1, 0.15) is 12.8 Å². The van der Waals surface area contributed by atoms with Crippen molar-refractivity contribution >= 4 is 33.4 Å². The van der Waals surface area contributed by atoms with E-state index in [4.69, 9.17) is 0 Å². The molecule has 1 nitrogen and oxygen atoms in total. The standard InChI is InChI=1S/C11H14BrNS/c12-9-3-1-4-10(7-9)13-11-5-2-6-14-8-11/h1,3-4,7,11,13H,2,5-6,8H2/t11-/m1/s1. The molecule has 1 fully saturated rings. The monoisotopic (exact) mass is 271 g/mol. The van der Waals surface area contributed by atoms with Crippen LogP contribution in [-0.2, 0) is 0 Å². The number of benzene rings is 1. The van der Waals surface area contributed by atoms with Crippen LogP contribution in [-0.4, -0.2) is 17.5 Å². The van der Waals surface area contributed by atoms with Crippen LogP contribution in [0.15, 0.2) is 28.7 Å². The van der Waals surface area contributed by atoms with Gasteiger partial charge in [0.1, 0.15) is 0 Å². The zero-order valence-corrected chi connectivity index (χ0v) is 10.4. The molecule has 0 spiro atoms. The van der Waals surface area contributed by atoms with Crippen LogP contribution in [0.5, 0.6) is 0 Å². The summed E-state index contributed by atoms with van der Waals surface area (Å²) < 4.78 is 1.14. The molecule has 1 atom stereocenters. The lowest BCUT2D eigenvalue weighted by molar-refractivity contribution is 0.685. The molecule has 0 aliphatic carbocycles. The first kappa shape index (κ1) is 10.4. The molecule has 0 radical (unpaired) electrons. The van der Waals surface area contributed by atoms with E-state index < -0.39 is 0 Å². The highest BCUT2D eigenvalue weighted by atomic mass is 79.9. The Balaban J connectivity index is 1.95. The van der Waals surface area contributed by atoms with Crippen LogP contribution in [0.3, 0.4) is 0 Å². The van der Waals surface area contributed by atoms with Gasteiger partial charge in [-0.3, -0.25) is 0 Å². The molecule has 1 aromatic carbocycles. The topological polar surface area (TPSA) is 12.0 Å². The largest absolute Gasteiger partial charge is 0.381 e. The first-order valence-electron chi connectivity index (χ1n) is 4.94. The highest BCUT2D eigenvalue weighted by Crippen LogP contribution is 2.22. The predicted octanol–water partition coefficient (Wildman–Crippen LogP) is 3.76. The number of thioether (sulfide) groups is 1. The van der Waals surface area contributed by atoms with Crippen LogP contribution in [0, 0.1) is 0 Å².